The van der Waals surface area contributed by atoms with E-state index in [1.807, 2.05) is 0 Å². The van der Waals surface area contributed by atoms with Crippen molar-refractivity contribution in [3.05, 3.63) is 35.4 Å². The summed E-state index contributed by atoms with van der Waals surface area (Å²) in [6.07, 6.45) is 0.878. The molecule has 1 aromatic carbocycles. The Balaban J connectivity index is 1.76. The molecule has 0 spiro atoms. The summed E-state index contributed by atoms with van der Waals surface area (Å²) in [5.74, 6) is -0.994. The second-order valence-electron chi connectivity index (χ2n) is 4.99. The Bertz CT molecular complexity index is 498. The van der Waals surface area contributed by atoms with E-state index in [1.165, 1.54) is 0 Å². The summed E-state index contributed by atoms with van der Waals surface area (Å²) in [7, 11) is 0. The van der Waals surface area contributed by atoms with Crippen molar-refractivity contribution in [2.75, 3.05) is 26.3 Å². The third-order valence-electron chi connectivity index (χ3n) is 3.39. The number of rotatable bonds is 6. The van der Waals surface area contributed by atoms with Crippen LogP contribution in [-0.4, -0.2) is 49.3 Å². The highest BCUT2D eigenvalue weighted by Gasteiger charge is 2.16. The van der Waals surface area contributed by atoms with E-state index in [2.05, 4.69) is 10.6 Å². The first-order valence-corrected chi connectivity index (χ1v) is 7.06. The molecule has 1 amide bonds. The van der Waals surface area contributed by atoms with Crippen molar-refractivity contribution in [2.24, 2.45) is 0 Å². The van der Waals surface area contributed by atoms with Gasteiger partial charge in [-0.1, -0.05) is 18.2 Å². The first-order valence-electron chi connectivity index (χ1n) is 7.06. The molecule has 1 aliphatic rings. The van der Waals surface area contributed by atoms with Crippen LogP contribution < -0.4 is 10.6 Å². The minimum absolute atomic E-state index is 0.0502. The maximum atomic E-state index is 11.8. The van der Waals surface area contributed by atoms with E-state index < -0.39 is 5.97 Å². The number of benzene rings is 1. The maximum absolute atomic E-state index is 11.8. The number of morpholine rings is 1. The first kappa shape index (κ1) is 15.5. The lowest BCUT2D eigenvalue weighted by atomic mass is 10.0. The highest BCUT2D eigenvalue weighted by atomic mass is 16.5. The topological polar surface area (TPSA) is 87.7 Å². The van der Waals surface area contributed by atoms with Crippen LogP contribution in [-0.2, 0) is 16.0 Å². The van der Waals surface area contributed by atoms with Crippen molar-refractivity contribution < 1.29 is 19.4 Å². The van der Waals surface area contributed by atoms with E-state index in [1.54, 1.807) is 24.3 Å². The van der Waals surface area contributed by atoms with Crippen molar-refractivity contribution in [1.82, 2.24) is 10.6 Å². The van der Waals surface area contributed by atoms with Gasteiger partial charge in [0.15, 0.2) is 0 Å². The Labute approximate surface area is 123 Å². The van der Waals surface area contributed by atoms with E-state index in [4.69, 9.17) is 9.84 Å². The van der Waals surface area contributed by atoms with E-state index in [0.29, 0.717) is 32.6 Å². The SMILES string of the molecule is O=C(CC1COCCN1)NCCc1ccccc1C(=O)O. The number of amides is 1. The van der Waals surface area contributed by atoms with Crippen LogP contribution >= 0.6 is 0 Å². The number of carbonyl (C=O) groups excluding carboxylic acids is 1. The molecule has 1 aromatic rings. The zero-order valence-corrected chi connectivity index (χ0v) is 11.8. The molecule has 1 saturated heterocycles. The molecule has 1 atom stereocenters. The summed E-state index contributed by atoms with van der Waals surface area (Å²) in [6.45, 7) is 2.43. The predicted molar refractivity (Wildman–Crippen MR) is 77.3 cm³/mol. The molecule has 0 aliphatic carbocycles. The summed E-state index contributed by atoms with van der Waals surface area (Å²) in [4.78, 5) is 22.9. The number of aromatic carboxylic acids is 1. The second-order valence-corrected chi connectivity index (χ2v) is 4.99. The smallest absolute Gasteiger partial charge is 0.335 e. The Morgan fingerprint density at radius 3 is 2.90 bits per heavy atom. The number of carbonyl (C=O) groups is 2. The van der Waals surface area contributed by atoms with Gasteiger partial charge in [0.2, 0.25) is 5.91 Å². The molecule has 21 heavy (non-hydrogen) atoms. The van der Waals surface area contributed by atoms with Gasteiger partial charge in [-0.3, -0.25) is 4.79 Å². The number of nitrogens with one attached hydrogen (secondary N) is 2. The normalized spacial score (nSPS) is 18.2. The zero-order chi connectivity index (χ0) is 15.1. The van der Waals surface area contributed by atoms with Crippen molar-refractivity contribution >= 4 is 11.9 Å². The van der Waals surface area contributed by atoms with Crippen LogP contribution in [0.4, 0.5) is 0 Å². The van der Waals surface area contributed by atoms with Gasteiger partial charge < -0.3 is 20.5 Å². The third kappa shape index (κ3) is 4.84. The second kappa shape index (κ2) is 7.75. The average molecular weight is 292 g/mol. The molecule has 1 aliphatic heterocycles. The van der Waals surface area contributed by atoms with Gasteiger partial charge in [0, 0.05) is 25.6 Å². The summed E-state index contributed by atoms with van der Waals surface area (Å²) >= 11 is 0. The summed E-state index contributed by atoms with van der Waals surface area (Å²) in [6, 6.07) is 6.90. The number of hydrogen-bond donors (Lipinski definition) is 3. The molecule has 6 nitrogen and oxygen atoms in total. The van der Waals surface area contributed by atoms with Gasteiger partial charge in [0.05, 0.1) is 18.8 Å². The number of carboxylic acids is 1. The molecular weight excluding hydrogens is 272 g/mol. The van der Waals surface area contributed by atoms with Crippen LogP contribution in [0.5, 0.6) is 0 Å². The van der Waals surface area contributed by atoms with Crippen molar-refractivity contribution in [1.29, 1.82) is 0 Å². The molecule has 0 radical (unpaired) electrons. The van der Waals surface area contributed by atoms with Crippen LogP contribution in [0.2, 0.25) is 0 Å². The van der Waals surface area contributed by atoms with Crippen molar-refractivity contribution in [3.63, 3.8) is 0 Å². The van der Waals surface area contributed by atoms with Crippen LogP contribution in [0.3, 0.4) is 0 Å². The van der Waals surface area contributed by atoms with Gasteiger partial charge in [0.1, 0.15) is 0 Å². The summed E-state index contributed by atoms with van der Waals surface area (Å²) in [5.41, 5.74) is 1.01. The lowest BCUT2D eigenvalue weighted by Crippen LogP contribution is -2.44. The summed E-state index contributed by atoms with van der Waals surface area (Å²) in [5, 5.41) is 15.1. The predicted octanol–water partition coefficient (Wildman–Crippen LogP) is 0.422. The third-order valence-corrected chi connectivity index (χ3v) is 3.39. The highest BCUT2D eigenvalue weighted by Crippen LogP contribution is 2.09. The molecule has 0 saturated carbocycles. The van der Waals surface area contributed by atoms with Gasteiger partial charge in [0.25, 0.3) is 0 Å². The molecule has 1 heterocycles. The number of ether oxygens (including phenoxy) is 1. The van der Waals surface area contributed by atoms with Crippen molar-refractivity contribution in [3.8, 4) is 0 Å². The van der Waals surface area contributed by atoms with Gasteiger partial charge >= 0.3 is 5.97 Å². The molecule has 1 unspecified atom stereocenters. The van der Waals surface area contributed by atoms with E-state index in [9.17, 15) is 9.59 Å². The molecule has 2 rings (SSSR count). The van der Waals surface area contributed by atoms with Crippen LogP contribution in [0.25, 0.3) is 0 Å². The maximum Gasteiger partial charge on any atom is 0.335 e. The van der Waals surface area contributed by atoms with Gasteiger partial charge in [-0.2, -0.15) is 0 Å². The Hall–Kier alpha value is -1.92. The van der Waals surface area contributed by atoms with Crippen LogP contribution in [0, 0.1) is 0 Å². The molecule has 114 valence electrons. The lowest BCUT2D eigenvalue weighted by molar-refractivity contribution is -0.122. The van der Waals surface area contributed by atoms with Crippen molar-refractivity contribution in [2.45, 2.75) is 18.9 Å². The molecule has 6 heteroatoms. The van der Waals surface area contributed by atoms with E-state index >= 15 is 0 Å². The summed E-state index contributed by atoms with van der Waals surface area (Å²) < 4.78 is 5.29. The fourth-order valence-electron chi connectivity index (χ4n) is 2.33. The molecule has 0 bridgehead atoms. The molecule has 3 N–H and O–H groups in total. The fourth-order valence-corrected chi connectivity index (χ4v) is 2.33. The van der Waals surface area contributed by atoms with Gasteiger partial charge in [-0.15, -0.1) is 0 Å². The van der Waals surface area contributed by atoms with Gasteiger partial charge in [-0.05, 0) is 18.1 Å². The molecular formula is C15H20N2O4. The number of carboxylic acid groups (broad SMARTS) is 1. The van der Waals surface area contributed by atoms with E-state index in [-0.39, 0.29) is 17.5 Å². The van der Waals surface area contributed by atoms with Crippen LogP contribution in [0.15, 0.2) is 24.3 Å². The minimum Gasteiger partial charge on any atom is -0.478 e. The van der Waals surface area contributed by atoms with Gasteiger partial charge in [-0.25, -0.2) is 4.79 Å². The molecule has 1 fully saturated rings. The largest absolute Gasteiger partial charge is 0.478 e. The highest BCUT2D eigenvalue weighted by molar-refractivity contribution is 5.89. The monoisotopic (exact) mass is 292 g/mol. The Morgan fingerprint density at radius 2 is 2.19 bits per heavy atom. The minimum atomic E-state index is -0.944. The lowest BCUT2D eigenvalue weighted by Gasteiger charge is -2.23. The average Bonchev–Trinajstić information content (AvgIpc) is 2.48. The standard InChI is InChI=1S/C15H20N2O4/c18-14(9-12-10-21-8-7-16-12)17-6-5-11-3-1-2-4-13(11)15(19)20/h1-4,12,16H,5-10H2,(H,17,18)(H,19,20). The van der Waals surface area contributed by atoms with Crippen LogP contribution in [0.1, 0.15) is 22.3 Å². The number of hydrogen-bond acceptors (Lipinski definition) is 4. The molecule has 0 aromatic heterocycles. The Kier molecular flexibility index (Phi) is 5.71. The fraction of sp³-hybridized carbons (Fsp3) is 0.467. The zero-order valence-electron chi connectivity index (χ0n) is 11.8. The van der Waals surface area contributed by atoms with E-state index in [0.717, 1.165) is 12.1 Å². The quantitative estimate of drug-likeness (QED) is 0.707. The Morgan fingerprint density at radius 1 is 1.38 bits per heavy atom. The first-order chi connectivity index (χ1) is 10.2.